The fourth-order valence-corrected chi connectivity index (χ4v) is 3.83. The number of amides is 3. The average molecular weight is 365 g/mol. The van der Waals surface area contributed by atoms with E-state index in [-0.39, 0.29) is 18.0 Å². The van der Waals surface area contributed by atoms with Crippen LogP contribution in [-0.4, -0.2) is 48.0 Å². The number of aromatic nitrogens is 1. The van der Waals surface area contributed by atoms with Gasteiger partial charge in [0.05, 0.1) is 16.9 Å². The topological polar surface area (TPSA) is 77.6 Å². The van der Waals surface area contributed by atoms with Crippen LogP contribution in [0.4, 0.5) is 22.0 Å². The van der Waals surface area contributed by atoms with Crippen LogP contribution in [-0.2, 0) is 0 Å². The van der Waals surface area contributed by atoms with Crippen LogP contribution in [0.1, 0.15) is 23.7 Å². The van der Waals surface area contributed by atoms with Gasteiger partial charge in [0.15, 0.2) is 5.82 Å². The van der Waals surface area contributed by atoms with Crippen molar-refractivity contribution in [2.24, 2.45) is 5.92 Å². The van der Waals surface area contributed by atoms with Crippen molar-refractivity contribution in [2.75, 3.05) is 30.4 Å². The number of benzene rings is 1. The summed E-state index contributed by atoms with van der Waals surface area (Å²) in [5.41, 5.74) is 1.50. The summed E-state index contributed by atoms with van der Waals surface area (Å²) in [6, 6.07) is 10.4. The molecular formula is C20H23N5O2. The van der Waals surface area contributed by atoms with Crippen LogP contribution >= 0.6 is 0 Å². The minimum absolute atomic E-state index is 0.0833. The van der Waals surface area contributed by atoms with Gasteiger partial charge in [-0.3, -0.25) is 4.79 Å². The molecule has 0 saturated carbocycles. The Morgan fingerprint density at radius 3 is 2.89 bits per heavy atom. The second-order valence-corrected chi connectivity index (χ2v) is 7.27. The maximum absolute atomic E-state index is 13.3. The number of carbonyl (C=O) groups is 2. The van der Waals surface area contributed by atoms with Gasteiger partial charge >= 0.3 is 6.03 Å². The smallest absolute Gasteiger partial charge is 0.328 e. The predicted molar refractivity (Wildman–Crippen MR) is 104 cm³/mol. The minimum Gasteiger partial charge on any atom is -0.334 e. The molecule has 7 nitrogen and oxygen atoms in total. The minimum atomic E-state index is -0.264. The third-order valence-electron chi connectivity index (χ3n) is 5.26. The lowest BCUT2D eigenvalue weighted by atomic mass is 9.94. The third-order valence-corrected chi connectivity index (χ3v) is 5.26. The number of hydrogen-bond donors (Lipinski definition) is 2. The Morgan fingerprint density at radius 1 is 1.26 bits per heavy atom. The van der Waals surface area contributed by atoms with Gasteiger partial charge in [-0.05, 0) is 50.2 Å². The Labute approximate surface area is 158 Å². The summed E-state index contributed by atoms with van der Waals surface area (Å²) in [4.78, 5) is 34.1. The molecule has 0 radical (unpaired) electrons. The first-order chi connectivity index (χ1) is 13.0. The Balaban J connectivity index is 1.71. The highest BCUT2D eigenvalue weighted by molar-refractivity contribution is 6.16. The van der Waals surface area contributed by atoms with Crippen LogP contribution in [0.3, 0.4) is 0 Å². The molecule has 3 amide bonds. The normalized spacial score (nSPS) is 22.3. The van der Waals surface area contributed by atoms with E-state index in [2.05, 4.69) is 34.5 Å². The molecule has 1 aromatic heterocycles. The average Bonchev–Trinajstić information content (AvgIpc) is 2.78. The number of piperidine rings is 1. The van der Waals surface area contributed by atoms with E-state index in [1.165, 1.54) is 4.90 Å². The predicted octanol–water partition coefficient (Wildman–Crippen LogP) is 2.84. The van der Waals surface area contributed by atoms with E-state index in [0.29, 0.717) is 28.7 Å². The van der Waals surface area contributed by atoms with E-state index < -0.39 is 0 Å². The van der Waals surface area contributed by atoms with Crippen LogP contribution in [0, 0.1) is 5.92 Å². The molecule has 1 fully saturated rings. The zero-order valence-corrected chi connectivity index (χ0v) is 15.5. The number of pyridine rings is 1. The van der Waals surface area contributed by atoms with Crippen molar-refractivity contribution in [3.05, 3.63) is 48.2 Å². The van der Waals surface area contributed by atoms with Gasteiger partial charge in [0, 0.05) is 18.8 Å². The van der Waals surface area contributed by atoms with Gasteiger partial charge in [-0.2, -0.15) is 0 Å². The molecule has 0 bridgehead atoms. The first-order valence-corrected chi connectivity index (χ1v) is 9.19. The van der Waals surface area contributed by atoms with Gasteiger partial charge < -0.3 is 15.5 Å². The number of urea groups is 1. The van der Waals surface area contributed by atoms with E-state index in [4.69, 9.17) is 0 Å². The molecule has 2 aliphatic rings. The first kappa shape index (κ1) is 17.5. The number of rotatable bonds is 1. The van der Waals surface area contributed by atoms with Crippen molar-refractivity contribution < 1.29 is 9.59 Å². The van der Waals surface area contributed by atoms with Crippen molar-refractivity contribution in [1.29, 1.82) is 0 Å². The molecular weight excluding hydrogens is 342 g/mol. The van der Waals surface area contributed by atoms with Gasteiger partial charge in [0.25, 0.3) is 5.91 Å². The Bertz CT molecular complexity index is 884. The number of fused-ring (bicyclic) bond motifs is 2. The summed E-state index contributed by atoms with van der Waals surface area (Å²) >= 11 is 0. The van der Waals surface area contributed by atoms with Gasteiger partial charge in [0.1, 0.15) is 0 Å². The number of nitrogens with one attached hydrogen (secondary N) is 2. The lowest BCUT2D eigenvalue weighted by Crippen LogP contribution is -2.51. The second kappa shape index (κ2) is 7.00. The van der Waals surface area contributed by atoms with Crippen molar-refractivity contribution >= 4 is 29.1 Å². The SMILES string of the molecule is C[C@@H]1CN(C)CC[C@H]1NC(=O)N1c2ccccc2C(=O)Nc2cccnc21. The van der Waals surface area contributed by atoms with Crippen LogP contribution in [0.5, 0.6) is 0 Å². The third kappa shape index (κ3) is 3.26. The van der Waals surface area contributed by atoms with Crippen LogP contribution in [0.2, 0.25) is 0 Å². The summed E-state index contributed by atoms with van der Waals surface area (Å²) in [6.07, 6.45) is 2.52. The standard InChI is InChI=1S/C20H23N5O2/c1-13-12-24(2)11-9-15(13)23-20(27)25-17-8-4-3-6-14(17)19(26)22-16-7-5-10-21-18(16)25/h3-8,10,13,15H,9,11-12H2,1-2H3,(H,22,26)(H,23,27)/t13-,15-/m1/s1. The van der Waals surface area contributed by atoms with E-state index in [9.17, 15) is 9.59 Å². The summed E-state index contributed by atoms with van der Waals surface area (Å²) in [5, 5.41) is 6.02. The maximum atomic E-state index is 13.3. The van der Waals surface area contributed by atoms with E-state index in [1.807, 2.05) is 6.07 Å². The van der Waals surface area contributed by atoms with E-state index >= 15 is 0 Å². The van der Waals surface area contributed by atoms with Crippen LogP contribution in [0.15, 0.2) is 42.6 Å². The summed E-state index contributed by atoms with van der Waals surface area (Å²) in [7, 11) is 2.09. The number of hydrogen-bond acceptors (Lipinski definition) is 4. The molecule has 4 rings (SSSR count). The summed E-state index contributed by atoms with van der Waals surface area (Å²) in [5.74, 6) is 0.523. The molecule has 7 heteroatoms. The number of carbonyl (C=O) groups excluding carboxylic acids is 2. The monoisotopic (exact) mass is 365 g/mol. The molecule has 0 aliphatic carbocycles. The lowest BCUT2D eigenvalue weighted by molar-refractivity contribution is 0.102. The highest BCUT2D eigenvalue weighted by Crippen LogP contribution is 2.36. The fourth-order valence-electron chi connectivity index (χ4n) is 3.83. The van der Waals surface area contributed by atoms with Crippen molar-refractivity contribution in [3.8, 4) is 0 Å². The Hall–Kier alpha value is -2.93. The molecule has 0 unspecified atom stereocenters. The Morgan fingerprint density at radius 2 is 2.07 bits per heavy atom. The highest BCUT2D eigenvalue weighted by atomic mass is 16.2. The molecule has 0 spiro atoms. The number of nitrogens with zero attached hydrogens (tertiary/aromatic N) is 3. The van der Waals surface area contributed by atoms with Gasteiger partial charge in [-0.15, -0.1) is 0 Å². The molecule has 1 aromatic carbocycles. The fraction of sp³-hybridized carbons (Fsp3) is 0.350. The molecule has 3 heterocycles. The maximum Gasteiger partial charge on any atom is 0.328 e. The first-order valence-electron chi connectivity index (χ1n) is 9.19. The highest BCUT2D eigenvalue weighted by Gasteiger charge is 2.33. The van der Waals surface area contributed by atoms with Crippen molar-refractivity contribution in [2.45, 2.75) is 19.4 Å². The molecule has 2 N–H and O–H groups in total. The molecule has 1 saturated heterocycles. The van der Waals surface area contributed by atoms with Crippen molar-refractivity contribution in [3.63, 3.8) is 0 Å². The second-order valence-electron chi connectivity index (χ2n) is 7.27. The molecule has 2 aromatic rings. The van der Waals surface area contributed by atoms with Crippen molar-refractivity contribution in [1.82, 2.24) is 15.2 Å². The number of para-hydroxylation sites is 1. The molecule has 2 atom stereocenters. The van der Waals surface area contributed by atoms with E-state index in [1.54, 1.807) is 36.5 Å². The molecule has 27 heavy (non-hydrogen) atoms. The van der Waals surface area contributed by atoms with E-state index in [0.717, 1.165) is 19.5 Å². The summed E-state index contributed by atoms with van der Waals surface area (Å²) in [6.45, 7) is 4.03. The zero-order chi connectivity index (χ0) is 19.0. The lowest BCUT2D eigenvalue weighted by Gasteiger charge is -2.36. The molecule has 2 aliphatic heterocycles. The number of anilines is 3. The Kier molecular flexibility index (Phi) is 4.53. The summed E-state index contributed by atoms with van der Waals surface area (Å²) < 4.78 is 0. The van der Waals surface area contributed by atoms with Crippen LogP contribution in [0.25, 0.3) is 0 Å². The zero-order valence-electron chi connectivity index (χ0n) is 15.5. The van der Waals surface area contributed by atoms with Gasteiger partial charge in [0.2, 0.25) is 0 Å². The van der Waals surface area contributed by atoms with Crippen LogP contribution < -0.4 is 15.5 Å². The van der Waals surface area contributed by atoms with Gasteiger partial charge in [-0.25, -0.2) is 14.7 Å². The molecule has 140 valence electrons. The largest absolute Gasteiger partial charge is 0.334 e. The number of likely N-dealkylation sites (tertiary alicyclic amines) is 1. The van der Waals surface area contributed by atoms with Gasteiger partial charge in [-0.1, -0.05) is 19.1 Å². The quantitative estimate of drug-likeness (QED) is 0.815.